The van der Waals surface area contributed by atoms with E-state index in [0.717, 1.165) is 0 Å². The molecule has 2 aliphatic carbocycles. The van der Waals surface area contributed by atoms with E-state index in [1.807, 2.05) is 0 Å². The predicted molar refractivity (Wildman–Crippen MR) is 132 cm³/mol. The lowest BCUT2D eigenvalue weighted by atomic mass is 9.66. The molecule has 0 fully saturated rings. The number of fused-ring (bicyclic) bond motifs is 2. The van der Waals surface area contributed by atoms with Crippen LogP contribution in [0.2, 0.25) is 0 Å². The van der Waals surface area contributed by atoms with Crippen LogP contribution in [0.3, 0.4) is 0 Å². The lowest BCUT2D eigenvalue weighted by molar-refractivity contribution is 0.216. The van der Waals surface area contributed by atoms with Crippen molar-refractivity contribution in [3.8, 4) is 0 Å². The molecule has 158 valence electrons. The molecule has 0 aromatic heterocycles. The van der Waals surface area contributed by atoms with Gasteiger partial charge in [0.2, 0.25) is 0 Å². The standard InChI is InChI=1S/C30H38/c1-27(2,3)22-14-10-20(11-15-22)24-19-30(9)25(18-26(24)29(30,7)8)21-12-16-23(17-13-21)28(4,5)6/h10-19,26H,1-9H3/t26-,30-/m1/s1. The zero-order chi connectivity index (χ0) is 22.1. The van der Waals surface area contributed by atoms with Crippen LogP contribution in [0.1, 0.15) is 84.6 Å². The van der Waals surface area contributed by atoms with E-state index in [4.69, 9.17) is 0 Å². The van der Waals surface area contributed by atoms with E-state index in [2.05, 4.69) is 123 Å². The molecule has 0 unspecified atom stereocenters. The van der Waals surface area contributed by atoms with Gasteiger partial charge in [-0.15, -0.1) is 0 Å². The maximum atomic E-state index is 2.57. The third kappa shape index (κ3) is 3.11. The van der Waals surface area contributed by atoms with Crippen molar-refractivity contribution in [3.63, 3.8) is 0 Å². The van der Waals surface area contributed by atoms with Crippen molar-refractivity contribution in [2.75, 3.05) is 0 Å². The molecule has 0 amide bonds. The van der Waals surface area contributed by atoms with Gasteiger partial charge in [-0.2, -0.15) is 0 Å². The summed E-state index contributed by atoms with van der Waals surface area (Å²) in [7, 11) is 0. The fourth-order valence-corrected chi connectivity index (χ4v) is 5.33. The summed E-state index contributed by atoms with van der Waals surface area (Å²) in [6.07, 6.45) is 5.12. The normalized spacial score (nSPS) is 25.3. The zero-order valence-corrected chi connectivity index (χ0v) is 20.4. The number of hydrogen-bond acceptors (Lipinski definition) is 0. The van der Waals surface area contributed by atoms with Crippen molar-refractivity contribution in [2.24, 2.45) is 16.7 Å². The lowest BCUT2D eigenvalue weighted by Crippen LogP contribution is -2.30. The topological polar surface area (TPSA) is 0 Å². The molecule has 0 nitrogen and oxygen atoms in total. The lowest BCUT2D eigenvalue weighted by Gasteiger charge is -2.37. The molecule has 0 aliphatic heterocycles. The van der Waals surface area contributed by atoms with Gasteiger partial charge < -0.3 is 0 Å². The first kappa shape index (κ1) is 21.2. The number of hydrogen-bond donors (Lipinski definition) is 0. The Morgan fingerprint density at radius 2 is 1.07 bits per heavy atom. The highest BCUT2D eigenvalue weighted by atomic mass is 14.6. The Balaban J connectivity index is 1.70. The van der Waals surface area contributed by atoms with Gasteiger partial charge >= 0.3 is 0 Å². The second-order valence-electron chi connectivity index (χ2n) is 12.2. The van der Waals surface area contributed by atoms with Crippen molar-refractivity contribution >= 4 is 11.1 Å². The van der Waals surface area contributed by atoms with E-state index in [0.29, 0.717) is 5.92 Å². The Morgan fingerprint density at radius 1 is 0.633 bits per heavy atom. The summed E-state index contributed by atoms with van der Waals surface area (Å²) < 4.78 is 0. The first-order chi connectivity index (χ1) is 13.7. The van der Waals surface area contributed by atoms with Crippen LogP contribution in [0.15, 0.2) is 60.7 Å². The third-order valence-electron chi connectivity index (χ3n) is 7.93. The fourth-order valence-electron chi connectivity index (χ4n) is 5.33. The molecule has 0 spiro atoms. The van der Waals surface area contributed by atoms with Gasteiger partial charge in [-0.25, -0.2) is 0 Å². The van der Waals surface area contributed by atoms with Crippen molar-refractivity contribution < 1.29 is 0 Å². The quantitative estimate of drug-likeness (QED) is 0.476. The van der Waals surface area contributed by atoms with Crippen LogP contribution in [-0.4, -0.2) is 0 Å². The Kier molecular flexibility index (Phi) is 4.56. The molecule has 0 radical (unpaired) electrons. The molecule has 2 aromatic rings. The predicted octanol–water partition coefficient (Wildman–Crippen LogP) is 8.42. The summed E-state index contributed by atoms with van der Waals surface area (Å²) in [5.41, 5.74) is 9.16. The Labute approximate surface area is 184 Å². The number of rotatable bonds is 2. The highest BCUT2D eigenvalue weighted by Crippen LogP contribution is 2.68. The molecule has 0 saturated carbocycles. The fraction of sp³-hybridized carbons (Fsp3) is 0.467. The van der Waals surface area contributed by atoms with Crippen molar-refractivity contribution in [1.29, 1.82) is 0 Å². The van der Waals surface area contributed by atoms with Crippen molar-refractivity contribution in [3.05, 3.63) is 82.9 Å². The molecule has 0 heterocycles. The molecule has 0 saturated heterocycles. The Hall–Kier alpha value is -2.08. The summed E-state index contributed by atoms with van der Waals surface area (Å²) in [5, 5.41) is 0. The van der Waals surface area contributed by atoms with Crippen LogP contribution >= 0.6 is 0 Å². The van der Waals surface area contributed by atoms with Gasteiger partial charge in [-0.3, -0.25) is 0 Å². The van der Waals surface area contributed by atoms with Crippen LogP contribution in [0, 0.1) is 16.7 Å². The third-order valence-corrected chi connectivity index (χ3v) is 7.93. The van der Waals surface area contributed by atoms with E-state index in [1.54, 1.807) is 0 Å². The molecule has 2 atom stereocenters. The van der Waals surface area contributed by atoms with E-state index in [-0.39, 0.29) is 21.7 Å². The maximum absolute atomic E-state index is 2.57. The molecule has 4 rings (SSSR count). The molecular weight excluding hydrogens is 360 g/mol. The summed E-state index contributed by atoms with van der Waals surface area (Å²) in [6.45, 7) is 21.0. The van der Waals surface area contributed by atoms with Gasteiger partial charge in [0.25, 0.3) is 0 Å². The number of allylic oxidation sites excluding steroid dienone is 4. The highest BCUT2D eigenvalue weighted by molar-refractivity contribution is 5.88. The van der Waals surface area contributed by atoms with Crippen LogP contribution in [0.4, 0.5) is 0 Å². The first-order valence-corrected chi connectivity index (χ1v) is 11.4. The molecule has 0 N–H and O–H groups in total. The smallest absolute Gasteiger partial charge is 0.0173 e. The van der Waals surface area contributed by atoms with Crippen LogP contribution in [-0.2, 0) is 10.8 Å². The molecule has 0 heteroatoms. The van der Waals surface area contributed by atoms with Crippen LogP contribution in [0.25, 0.3) is 11.1 Å². The Bertz CT molecular complexity index is 1010. The molecule has 30 heavy (non-hydrogen) atoms. The molecule has 2 aromatic carbocycles. The second-order valence-corrected chi connectivity index (χ2v) is 12.2. The van der Waals surface area contributed by atoms with Gasteiger partial charge in [0.05, 0.1) is 0 Å². The average molecular weight is 399 g/mol. The van der Waals surface area contributed by atoms with E-state index in [9.17, 15) is 0 Å². The maximum Gasteiger partial charge on any atom is 0.0173 e. The van der Waals surface area contributed by atoms with Crippen LogP contribution in [0.5, 0.6) is 0 Å². The highest BCUT2D eigenvalue weighted by Gasteiger charge is 2.57. The van der Waals surface area contributed by atoms with E-state index < -0.39 is 0 Å². The average Bonchev–Trinajstić information content (AvgIpc) is 2.98. The van der Waals surface area contributed by atoms with Crippen molar-refractivity contribution in [1.82, 2.24) is 0 Å². The van der Waals surface area contributed by atoms with Gasteiger partial charge in [0, 0.05) is 11.3 Å². The summed E-state index contributed by atoms with van der Waals surface area (Å²) in [6, 6.07) is 18.6. The SMILES string of the molecule is CC(C)(C)c1ccc(C2=C[C@]3(C)C(c4ccc(C(C)(C)C)cc4)=C[C@H]2C3(C)C)cc1. The second kappa shape index (κ2) is 6.46. The van der Waals surface area contributed by atoms with Gasteiger partial charge in [0.1, 0.15) is 0 Å². The molecular formula is C30H38. The summed E-state index contributed by atoms with van der Waals surface area (Å²) >= 11 is 0. The van der Waals surface area contributed by atoms with E-state index >= 15 is 0 Å². The zero-order valence-electron chi connectivity index (χ0n) is 20.4. The molecule has 2 aliphatic rings. The first-order valence-electron chi connectivity index (χ1n) is 11.4. The largest absolute Gasteiger partial charge is 0.0717 e. The van der Waals surface area contributed by atoms with E-state index in [1.165, 1.54) is 33.4 Å². The number of benzene rings is 2. The monoisotopic (exact) mass is 398 g/mol. The Morgan fingerprint density at radius 3 is 1.43 bits per heavy atom. The summed E-state index contributed by atoms with van der Waals surface area (Å²) in [4.78, 5) is 0. The van der Waals surface area contributed by atoms with Crippen molar-refractivity contribution in [2.45, 2.75) is 73.1 Å². The summed E-state index contributed by atoms with van der Waals surface area (Å²) in [5.74, 6) is 0.459. The minimum absolute atomic E-state index is 0.0545. The van der Waals surface area contributed by atoms with Gasteiger partial charge in [-0.1, -0.05) is 123 Å². The minimum Gasteiger partial charge on any atom is -0.0717 e. The molecule has 2 bridgehead atoms. The van der Waals surface area contributed by atoms with Crippen LogP contribution < -0.4 is 0 Å². The van der Waals surface area contributed by atoms with Gasteiger partial charge in [-0.05, 0) is 49.6 Å². The van der Waals surface area contributed by atoms with Gasteiger partial charge in [0.15, 0.2) is 0 Å². The minimum atomic E-state index is 0.0545.